The summed E-state index contributed by atoms with van der Waals surface area (Å²) >= 11 is 0. The molecule has 1 N–H and O–H groups in total. The van der Waals surface area contributed by atoms with E-state index in [0.29, 0.717) is 32.7 Å². The van der Waals surface area contributed by atoms with Crippen LogP contribution in [-0.4, -0.2) is 58.2 Å². The van der Waals surface area contributed by atoms with E-state index >= 15 is 0 Å². The van der Waals surface area contributed by atoms with Crippen LogP contribution in [0.1, 0.15) is 44.7 Å². The quantitative estimate of drug-likeness (QED) is 0.125. The maximum Gasteiger partial charge on any atom is 0.261 e. The maximum atomic E-state index is 10.7. The fourth-order valence-electron chi connectivity index (χ4n) is 6.49. The molecule has 0 aromatic heterocycles. The second-order valence-corrected chi connectivity index (χ2v) is 17.7. The molecule has 0 fully saturated rings. The van der Waals surface area contributed by atoms with E-state index in [-0.39, 0.29) is 23.9 Å². The molecule has 4 aromatic carbocycles. The SMILES string of the molecule is COc1ccc(CO[C@H]2C/C=C\C[C@H](OCc3ccccc3)[C@@H](CO[Si](c3ccccc3)(c3ccccc3)C(C)(C)C)O[C@@H]2CO)cc1. The molecular formula is C41H50O6Si. The predicted molar refractivity (Wildman–Crippen MR) is 194 cm³/mol. The van der Waals surface area contributed by atoms with Crippen LogP contribution in [0.2, 0.25) is 5.04 Å². The molecule has 0 saturated heterocycles. The third-order valence-electron chi connectivity index (χ3n) is 9.07. The Kier molecular flexibility index (Phi) is 12.8. The first kappa shape index (κ1) is 35.7. The van der Waals surface area contributed by atoms with Crippen LogP contribution in [-0.2, 0) is 31.9 Å². The van der Waals surface area contributed by atoms with Gasteiger partial charge in [0, 0.05) is 0 Å². The molecule has 0 bridgehead atoms. The fraction of sp³-hybridized carbons (Fsp3) is 0.366. The summed E-state index contributed by atoms with van der Waals surface area (Å²) < 4.78 is 32.6. The summed E-state index contributed by atoms with van der Waals surface area (Å²) in [5, 5.41) is 12.9. The molecular weight excluding hydrogens is 617 g/mol. The number of hydrogen-bond acceptors (Lipinski definition) is 6. The van der Waals surface area contributed by atoms with E-state index in [2.05, 4.69) is 106 Å². The standard InChI is InChI=1S/C41H50O6Si/c1-41(2,3)48(35-18-10-6-11-19-35,36-20-12-7-13-21-36)46-31-40-38(45-29-32-16-8-5-9-17-32)23-15-14-22-37(39(28-42)47-40)44-30-33-24-26-34(43-4)27-25-33/h5-21,24-27,37-40,42H,22-23,28-31H2,1-4H3/b15-14-/t37-,38-,39+,40+/m0/s1. The van der Waals surface area contributed by atoms with Gasteiger partial charge in [-0.3, -0.25) is 0 Å². The highest BCUT2D eigenvalue weighted by molar-refractivity contribution is 6.99. The minimum atomic E-state index is -2.87. The first-order valence-corrected chi connectivity index (χ1v) is 18.8. The van der Waals surface area contributed by atoms with Crippen molar-refractivity contribution in [1.29, 1.82) is 0 Å². The molecule has 0 aliphatic carbocycles. The minimum Gasteiger partial charge on any atom is -0.497 e. The van der Waals surface area contributed by atoms with Crippen molar-refractivity contribution in [3.63, 3.8) is 0 Å². The molecule has 6 nitrogen and oxygen atoms in total. The Bertz CT molecular complexity index is 1480. The molecule has 7 heteroatoms. The molecule has 1 heterocycles. The first-order valence-electron chi connectivity index (χ1n) is 16.9. The average Bonchev–Trinajstić information content (AvgIpc) is 3.20. The van der Waals surface area contributed by atoms with Crippen LogP contribution in [0, 0.1) is 0 Å². The average molecular weight is 667 g/mol. The monoisotopic (exact) mass is 666 g/mol. The van der Waals surface area contributed by atoms with E-state index in [1.165, 1.54) is 10.4 Å². The lowest BCUT2D eigenvalue weighted by Gasteiger charge is -2.44. The molecule has 0 saturated carbocycles. The van der Waals surface area contributed by atoms with E-state index in [9.17, 15) is 5.11 Å². The molecule has 5 rings (SSSR count). The summed E-state index contributed by atoms with van der Waals surface area (Å²) in [5.41, 5.74) is 2.11. The number of hydrogen-bond donors (Lipinski definition) is 1. The molecule has 0 amide bonds. The van der Waals surface area contributed by atoms with Crippen molar-refractivity contribution in [1.82, 2.24) is 0 Å². The number of benzene rings is 4. The summed E-state index contributed by atoms with van der Waals surface area (Å²) in [6, 6.07) is 39.3. The van der Waals surface area contributed by atoms with Gasteiger partial charge in [0.05, 0.1) is 45.7 Å². The van der Waals surface area contributed by atoms with E-state index in [1.54, 1.807) is 7.11 Å². The lowest BCUT2D eigenvalue weighted by Crippen LogP contribution is -2.67. The molecule has 4 aromatic rings. The van der Waals surface area contributed by atoms with Crippen LogP contribution in [0.15, 0.2) is 127 Å². The number of ether oxygens (including phenoxy) is 4. The van der Waals surface area contributed by atoms with Gasteiger partial charge in [-0.1, -0.05) is 136 Å². The zero-order chi connectivity index (χ0) is 33.8. The number of methoxy groups -OCH3 is 1. The van der Waals surface area contributed by atoms with Crippen LogP contribution >= 0.6 is 0 Å². The van der Waals surface area contributed by atoms with Gasteiger partial charge in [0.2, 0.25) is 0 Å². The van der Waals surface area contributed by atoms with Gasteiger partial charge < -0.3 is 28.5 Å². The maximum absolute atomic E-state index is 10.7. The molecule has 0 spiro atoms. The Balaban J connectivity index is 1.45. The molecule has 0 unspecified atom stereocenters. The van der Waals surface area contributed by atoms with E-state index < -0.39 is 20.5 Å². The van der Waals surface area contributed by atoms with Crippen molar-refractivity contribution in [2.45, 2.75) is 76.3 Å². The summed E-state index contributed by atoms with van der Waals surface area (Å²) in [5.74, 6) is 0.797. The van der Waals surface area contributed by atoms with Crippen molar-refractivity contribution in [2.24, 2.45) is 0 Å². The van der Waals surface area contributed by atoms with Crippen molar-refractivity contribution >= 4 is 18.7 Å². The number of aliphatic hydroxyl groups is 1. The molecule has 4 atom stereocenters. The Hall–Kier alpha value is -3.56. The number of rotatable bonds is 13. The van der Waals surface area contributed by atoms with E-state index in [0.717, 1.165) is 16.9 Å². The summed E-state index contributed by atoms with van der Waals surface area (Å²) in [7, 11) is -1.21. The van der Waals surface area contributed by atoms with Crippen LogP contribution in [0.3, 0.4) is 0 Å². The smallest absolute Gasteiger partial charge is 0.261 e. The summed E-state index contributed by atoms with van der Waals surface area (Å²) in [4.78, 5) is 0. The van der Waals surface area contributed by atoms with Gasteiger partial charge in [-0.2, -0.15) is 0 Å². The molecule has 0 radical (unpaired) electrons. The van der Waals surface area contributed by atoms with Crippen LogP contribution < -0.4 is 15.1 Å². The second-order valence-electron chi connectivity index (χ2n) is 13.3. The lowest BCUT2D eigenvalue weighted by atomic mass is 10.1. The molecule has 48 heavy (non-hydrogen) atoms. The topological polar surface area (TPSA) is 66.4 Å². The van der Waals surface area contributed by atoms with E-state index in [4.69, 9.17) is 23.4 Å². The predicted octanol–water partition coefficient (Wildman–Crippen LogP) is 6.84. The Labute approximate surface area is 287 Å². The van der Waals surface area contributed by atoms with Crippen LogP contribution in [0.4, 0.5) is 0 Å². The third-order valence-corrected chi connectivity index (χ3v) is 14.1. The third kappa shape index (κ3) is 8.91. The highest BCUT2D eigenvalue weighted by Crippen LogP contribution is 2.37. The summed E-state index contributed by atoms with van der Waals surface area (Å²) in [6.45, 7) is 7.75. The van der Waals surface area contributed by atoms with Crippen molar-refractivity contribution < 1.29 is 28.5 Å². The van der Waals surface area contributed by atoms with Gasteiger partial charge in [0.25, 0.3) is 8.32 Å². The van der Waals surface area contributed by atoms with Crippen molar-refractivity contribution in [3.8, 4) is 5.75 Å². The zero-order valence-electron chi connectivity index (χ0n) is 28.7. The lowest BCUT2D eigenvalue weighted by molar-refractivity contribution is -0.166. The van der Waals surface area contributed by atoms with Crippen molar-refractivity contribution in [3.05, 3.63) is 139 Å². The number of aliphatic hydroxyl groups excluding tert-OH is 1. The van der Waals surface area contributed by atoms with E-state index in [1.807, 2.05) is 42.5 Å². The van der Waals surface area contributed by atoms with Crippen molar-refractivity contribution in [2.75, 3.05) is 20.3 Å². The van der Waals surface area contributed by atoms with Gasteiger partial charge in [0.1, 0.15) is 18.0 Å². The molecule has 1 aliphatic heterocycles. The first-order chi connectivity index (χ1) is 23.3. The van der Waals surface area contributed by atoms with Gasteiger partial charge >= 0.3 is 0 Å². The zero-order valence-corrected chi connectivity index (χ0v) is 29.7. The van der Waals surface area contributed by atoms with Gasteiger partial charge in [-0.25, -0.2) is 0 Å². The highest BCUT2D eigenvalue weighted by Gasteiger charge is 2.51. The largest absolute Gasteiger partial charge is 0.497 e. The minimum absolute atomic E-state index is 0.192. The van der Waals surface area contributed by atoms with Gasteiger partial charge in [0.15, 0.2) is 0 Å². The highest BCUT2D eigenvalue weighted by atomic mass is 28.4. The fourth-order valence-corrected chi connectivity index (χ4v) is 11.1. The molecule has 1 aliphatic rings. The Morgan fingerprint density at radius 1 is 0.667 bits per heavy atom. The van der Waals surface area contributed by atoms with Crippen LogP contribution in [0.25, 0.3) is 0 Å². The Morgan fingerprint density at radius 3 is 1.62 bits per heavy atom. The Morgan fingerprint density at radius 2 is 1.15 bits per heavy atom. The van der Waals surface area contributed by atoms with Crippen LogP contribution in [0.5, 0.6) is 5.75 Å². The normalized spacial score (nSPS) is 21.1. The summed E-state index contributed by atoms with van der Waals surface area (Å²) in [6.07, 6.45) is 3.79. The van der Waals surface area contributed by atoms with Gasteiger partial charge in [-0.05, 0) is 51.5 Å². The van der Waals surface area contributed by atoms with Gasteiger partial charge in [-0.15, -0.1) is 0 Å². The molecule has 254 valence electrons. The second kappa shape index (κ2) is 17.2.